The Hall–Kier alpha value is -3.17. The Labute approximate surface area is 341 Å². The maximum absolute atomic E-state index is 13.2. The van der Waals surface area contributed by atoms with Gasteiger partial charge in [-0.3, -0.25) is 0 Å². The predicted octanol–water partition coefficient (Wildman–Crippen LogP) is 1.91. The second-order valence-corrected chi connectivity index (χ2v) is 16.1. The van der Waals surface area contributed by atoms with Gasteiger partial charge in [-0.25, -0.2) is 14.5 Å². The number of carbonyl (C=O) groups excluding carboxylic acids is 2. The highest BCUT2D eigenvalue weighted by Crippen LogP contribution is 2.43. The third-order valence-corrected chi connectivity index (χ3v) is 12.0. The fourth-order valence-corrected chi connectivity index (χ4v) is 8.78. The summed E-state index contributed by atoms with van der Waals surface area (Å²) in [5.41, 5.74) is 1.60. The van der Waals surface area contributed by atoms with E-state index in [0.29, 0.717) is 6.42 Å². The van der Waals surface area contributed by atoms with E-state index in [4.69, 9.17) is 49.5 Å². The van der Waals surface area contributed by atoms with Gasteiger partial charge in [-0.2, -0.15) is 0 Å². The van der Waals surface area contributed by atoms with Crippen molar-refractivity contribution in [3.63, 3.8) is 0 Å². The third kappa shape index (κ3) is 9.72. The molecule has 0 spiro atoms. The predicted molar refractivity (Wildman–Crippen MR) is 202 cm³/mol. The highest BCUT2D eigenvalue weighted by atomic mass is 35.5. The number of benzene rings is 2. The van der Waals surface area contributed by atoms with Crippen LogP contribution < -0.4 is 10.6 Å². The zero-order valence-electron chi connectivity index (χ0n) is 32.5. The first-order chi connectivity index (χ1) is 27.9. The molecular weight excluding hydrogens is 782 g/mol. The van der Waals surface area contributed by atoms with E-state index in [0.717, 1.165) is 11.1 Å². The molecular formula is C40H54ClN3O14. The van der Waals surface area contributed by atoms with E-state index in [1.54, 1.807) is 14.0 Å². The number of aliphatic hydroxyl groups is 4. The van der Waals surface area contributed by atoms with Gasteiger partial charge < -0.3 is 69.0 Å². The maximum Gasteiger partial charge on any atom is 0.407 e. The minimum atomic E-state index is -1.39. The molecule has 1 aliphatic carbocycles. The summed E-state index contributed by atoms with van der Waals surface area (Å²) in [6.45, 7) is 3.69. The number of fused-ring (bicyclic) bond motifs is 3. The first-order valence-corrected chi connectivity index (χ1v) is 20.3. The van der Waals surface area contributed by atoms with Gasteiger partial charge in [-0.1, -0.05) is 74.5 Å². The van der Waals surface area contributed by atoms with Crippen molar-refractivity contribution in [1.82, 2.24) is 15.5 Å². The second-order valence-electron chi connectivity index (χ2n) is 15.8. The molecule has 7 rings (SSSR count). The van der Waals surface area contributed by atoms with Crippen LogP contribution in [0.15, 0.2) is 60.7 Å². The van der Waals surface area contributed by atoms with Crippen molar-refractivity contribution in [2.75, 3.05) is 12.9 Å². The molecule has 2 aromatic rings. The van der Waals surface area contributed by atoms with Gasteiger partial charge in [0.2, 0.25) is 6.41 Å². The number of aliphatic hydroxyl groups excluding tert-OH is 4. The van der Waals surface area contributed by atoms with Gasteiger partial charge in [-0.15, -0.1) is 11.6 Å². The summed E-state index contributed by atoms with van der Waals surface area (Å²) in [5.74, 6) is -0.702. The van der Waals surface area contributed by atoms with Gasteiger partial charge in [0, 0.05) is 23.8 Å². The van der Waals surface area contributed by atoms with Crippen LogP contribution in [0.1, 0.15) is 44.2 Å². The van der Waals surface area contributed by atoms with E-state index >= 15 is 0 Å². The Morgan fingerprint density at radius 1 is 0.759 bits per heavy atom. The molecule has 4 heterocycles. The Balaban J connectivity index is 1.03. The number of nitrogens with one attached hydrogen (secondary N) is 2. The van der Waals surface area contributed by atoms with Crippen LogP contribution in [-0.2, 0) is 51.1 Å². The summed E-state index contributed by atoms with van der Waals surface area (Å²) >= 11 is 6.10. The Morgan fingerprint density at radius 3 is 2.03 bits per heavy atom. The molecule has 5 fully saturated rings. The maximum atomic E-state index is 13.2. The molecule has 2 aromatic carbocycles. The highest BCUT2D eigenvalue weighted by molar-refractivity contribution is 6.18. The average Bonchev–Trinajstić information content (AvgIpc) is 3.52. The Morgan fingerprint density at radius 2 is 1.40 bits per heavy atom. The number of alkyl halides is 1. The lowest BCUT2D eigenvalue weighted by Crippen LogP contribution is -2.66. The number of hydrogen-bond acceptors (Lipinski definition) is 15. The minimum absolute atomic E-state index is 0.0131. The van der Waals surface area contributed by atoms with Gasteiger partial charge in [0.25, 0.3) is 0 Å². The number of alkyl carbamates (subject to hydrolysis) is 2. The van der Waals surface area contributed by atoms with Crippen LogP contribution in [0.5, 0.6) is 0 Å². The zero-order chi connectivity index (χ0) is 41.1. The largest absolute Gasteiger partial charge is 0.445 e. The third-order valence-electron chi connectivity index (χ3n) is 11.7. The van der Waals surface area contributed by atoms with E-state index in [9.17, 15) is 30.0 Å². The molecule has 0 radical (unpaired) electrons. The van der Waals surface area contributed by atoms with E-state index in [1.807, 2.05) is 67.6 Å². The smallest absolute Gasteiger partial charge is 0.407 e. The molecule has 4 saturated heterocycles. The number of rotatable bonds is 11. The van der Waals surface area contributed by atoms with Gasteiger partial charge in [0.05, 0.1) is 36.5 Å². The van der Waals surface area contributed by atoms with Crippen molar-refractivity contribution in [2.45, 2.75) is 139 Å². The molecule has 18 heteroatoms. The number of halogens is 1. The monoisotopic (exact) mass is 835 g/mol. The summed E-state index contributed by atoms with van der Waals surface area (Å²) in [7, 11) is 1.62. The van der Waals surface area contributed by atoms with Gasteiger partial charge >= 0.3 is 12.2 Å². The molecule has 17 atom stereocenters. The molecule has 9 unspecified atom stereocenters. The first kappa shape index (κ1) is 42.9. The van der Waals surface area contributed by atoms with Crippen LogP contribution >= 0.6 is 11.6 Å². The number of carbonyl (C=O) groups is 2. The second kappa shape index (κ2) is 19.0. The standard InChI is InChI=1S/C40H54ClN3O14/c1-20-14-27-33(34-29(44(3)40(50)57-34)36(53-27)58-37-31(47)30(46)21(2)28(17-41)54-37)56-35(20)55-32-25(43-39(49)52-19-23-12-8-5-9-13-23)15-24(16-26(32)45)42-38(48)51-18-22-10-6-4-7-11-22/h4-13,20-21,24-37,40,45-47,50H,14-19H2,1-3H3,(H,42,48)(H,43,49)/t20?,21-,24?,25?,26-,27+,28?,29?,30+,31+,32-,33?,34?,35+,36?,37?,40+/m1/s1. The summed E-state index contributed by atoms with van der Waals surface area (Å²) < 4.78 is 48.6. The lowest BCUT2D eigenvalue weighted by atomic mass is 9.85. The summed E-state index contributed by atoms with van der Waals surface area (Å²) in [6.07, 6.45) is -12.9. The van der Waals surface area contributed by atoms with Crippen molar-refractivity contribution in [1.29, 1.82) is 0 Å². The first-order valence-electron chi connectivity index (χ1n) is 19.8. The van der Waals surface area contributed by atoms with Crippen molar-refractivity contribution in [2.24, 2.45) is 11.8 Å². The van der Waals surface area contributed by atoms with E-state index in [2.05, 4.69) is 10.6 Å². The molecule has 2 amide bonds. The van der Waals surface area contributed by atoms with Crippen molar-refractivity contribution < 1.29 is 67.9 Å². The van der Waals surface area contributed by atoms with E-state index in [-0.39, 0.29) is 37.9 Å². The van der Waals surface area contributed by atoms with Crippen LogP contribution in [0.4, 0.5) is 9.59 Å². The lowest BCUT2D eigenvalue weighted by molar-refractivity contribution is -0.375. The number of amides is 2. The normalized spacial score (nSPS) is 40.2. The van der Waals surface area contributed by atoms with E-state index < -0.39 is 110 Å². The van der Waals surface area contributed by atoms with Crippen LogP contribution in [0.2, 0.25) is 0 Å². The average molecular weight is 836 g/mol. The van der Waals surface area contributed by atoms with Gasteiger partial charge in [0.15, 0.2) is 18.9 Å². The number of nitrogens with zero attached hydrogens (tertiary/aromatic N) is 1. The summed E-state index contributed by atoms with van der Waals surface area (Å²) in [5, 5.41) is 49.6. The Bertz CT molecular complexity index is 1650. The molecule has 58 heavy (non-hydrogen) atoms. The van der Waals surface area contributed by atoms with Crippen LogP contribution in [-0.4, -0.2) is 143 Å². The van der Waals surface area contributed by atoms with Crippen LogP contribution in [0.3, 0.4) is 0 Å². The van der Waals surface area contributed by atoms with E-state index in [1.165, 1.54) is 4.90 Å². The number of ether oxygens (including phenoxy) is 8. The zero-order valence-corrected chi connectivity index (χ0v) is 33.3. The van der Waals surface area contributed by atoms with Crippen molar-refractivity contribution in [3.05, 3.63) is 71.8 Å². The highest BCUT2D eigenvalue weighted by Gasteiger charge is 2.59. The summed E-state index contributed by atoms with van der Waals surface area (Å²) in [6, 6.07) is 16.2. The topological polar surface area (TPSA) is 216 Å². The number of hydrogen-bond donors (Lipinski definition) is 6. The molecule has 0 aromatic heterocycles. The molecule has 6 N–H and O–H groups in total. The fraction of sp³-hybridized carbons (Fsp3) is 0.650. The molecule has 0 bridgehead atoms. The molecule has 4 aliphatic heterocycles. The summed E-state index contributed by atoms with van der Waals surface area (Å²) in [4.78, 5) is 27.5. The van der Waals surface area contributed by atoms with Crippen molar-refractivity contribution >= 4 is 23.8 Å². The molecule has 1 saturated carbocycles. The quantitative estimate of drug-likeness (QED) is 0.178. The fourth-order valence-electron chi connectivity index (χ4n) is 8.42. The van der Waals surface area contributed by atoms with Crippen LogP contribution in [0, 0.1) is 11.8 Å². The lowest BCUT2D eigenvalue weighted by Gasteiger charge is -2.51. The Kier molecular flexibility index (Phi) is 14.1. The van der Waals surface area contributed by atoms with Gasteiger partial charge in [-0.05, 0) is 37.4 Å². The minimum Gasteiger partial charge on any atom is -0.445 e. The molecule has 17 nitrogen and oxygen atoms in total. The number of likely N-dealkylation sites (N-methyl/N-ethyl adjacent to an activating group) is 1. The SMILES string of the molecule is CC1C[C@@H]2OC(OC3OC(CCl)[C@@H](C)[C@H](O)[C@@H]3O)C3C(O[C@H](O)N3C)C2O[C@@H]1O[C@@H]1C(NC(=O)OCc2ccccc2)CC(NC(=O)OCc2ccccc2)C[C@H]1O. The molecule has 320 valence electrons. The van der Waals surface area contributed by atoms with Crippen LogP contribution in [0.25, 0.3) is 0 Å². The molecule has 5 aliphatic rings. The van der Waals surface area contributed by atoms with Crippen molar-refractivity contribution in [3.8, 4) is 0 Å². The van der Waals surface area contributed by atoms with Gasteiger partial charge in [0.1, 0.15) is 37.6 Å².